The number of halogens is 1. The van der Waals surface area contributed by atoms with Crippen LogP contribution in [-0.2, 0) is 12.8 Å². The van der Waals surface area contributed by atoms with Crippen molar-refractivity contribution in [1.29, 1.82) is 0 Å². The van der Waals surface area contributed by atoms with Crippen LogP contribution >= 0.6 is 11.6 Å². The summed E-state index contributed by atoms with van der Waals surface area (Å²) in [5, 5.41) is 12.1. The average Bonchev–Trinajstić information content (AvgIpc) is 3.06. The van der Waals surface area contributed by atoms with Crippen molar-refractivity contribution < 1.29 is 0 Å². The number of anilines is 2. The first kappa shape index (κ1) is 11.7. The molecule has 6 heteroatoms. The smallest absolute Gasteiger partial charge is 0.256 e. The SMILES string of the molecule is Clc1cccc(Nc2c3c(nc4nncn24)CCC3)c1. The fourth-order valence-electron chi connectivity index (χ4n) is 2.67. The molecule has 2 aromatic heterocycles. The van der Waals surface area contributed by atoms with Crippen molar-refractivity contribution in [2.45, 2.75) is 19.3 Å². The van der Waals surface area contributed by atoms with Gasteiger partial charge < -0.3 is 5.32 Å². The third-order valence-corrected chi connectivity index (χ3v) is 3.80. The van der Waals surface area contributed by atoms with Crippen LogP contribution in [0, 0.1) is 0 Å². The van der Waals surface area contributed by atoms with Gasteiger partial charge in [-0.05, 0) is 37.5 Å². The summed E-state index contributed by atoms with van der Waals surface area (Å²) < 4.78 is 1.89. The fraction of sp³-hybridized carbons (Fsp3) is 0.214. The molecule has 4 rings (SSSR count). The van der Waals surface area contributed by atoms with Crippen molar-refractivity contribution in [2.24, 2.45) is 0 Å². The highest BCUT2D eigenvalue weighted by atomic mass is 35.5. The van der Waals surface area contributed by atoms with Gasteiger partial charge >= 0.3 is 0 Å². The molecule has 0 radical (unpaired) electrons. The summed E-state index contributed by atoms with van der Waals surface area (Å²) in [6.45, 7) is 0. The summed E-state index contributed by atoms with van der Waals surface area (Å²) in [5.74, 6) is 1.63. The third kappa shape index (κ3) is 1.82. The summed E-state index contributed by atoms with van der Waals surface area (Å²) in [6.07, 6.45) is 4.85. The number of nitrogens with zero attached hydrogens (tertiary/aromatic N) is 4. The monoisotopic (exact) mass is 285 g/mol. The third-order valence-electron chi connectivity index (χ3n) is 3.57. The van der Waals surface area contributed by atoms with Gasteiger partial charge in [-0.25, -0.2) is 4.98 Å². The minimum absolute atomic E-state index is 0.634. The Morgan fingerprint density at radius 1 is 1.25 bits per heavy atom. The summed E-state index contributed by atoms with van der Waals surface area (Å²) >= 11 is 6.04. The number of rotatable bonds is 2. The van der Waals surface area contributed by atoms with Crippen LogP contribution in [0.3, 0.4) is 0 Å². The standard InChI is InChI=1S/C14H12ClN5/c15-9-3-1-4-10(7-9)17-13-11-5-2-6-12(11)18-14-19-16-8-20(13)14/h1,3-4,7-8,17H,2,5-6H2. The van der Waals surface area contributed by atoms with E-state index in [4.69, 9.17) is 11.6 Å². The Morgan fingerprint density at radius 2 is 2.20 bits per heavy atom. The van der Waals surface area contributed by atoms with E-state index < -0.39 is 0 Å². The molecule has 3 aromatic rings. The summed E-state index contributed by atoms with van der Waals surface area (Å²) in [7, 11) is 0. The molecule has 20 heavy (non-hydrogen) atoms. The molecule has 0 saturated heterocycles. The number of aryl methyl sites for hydroxylation is 1. The molecule has 0 bridgehead atoms. The second-order valence-electron chi connectivity index (χ2n) is 4.88. The highest BCUT2D eigenvalue weighted by molar-refractivity contribution is 6.30. The lowest BCUT2D eigenvalue weighted by atomic mass is 10.2. The second-order valence-corrected chi connectivity index (χ2v) is 5.31. The topological polar surface area (TPSA) is 55.1 Å². The van der Waals surface area contributed by atoms with Crippen LogP contribution in [0.15, 0.2) is 30.6 Å². The Hall–Kier alpha value is -2.14. The quantitative estimate of drug-likeness (QED) is 0.786. The molecule has 0 amide bonds. The molecule has 0 saturated carbocycles. The summed E-state index contributed by atoms with van der Waals surface area (Å²) in [5.41, 5.74) is 3.32. The van der Waals surface area contributed by atoms with Crippen molar-refractivity contribution in [3.8, 4) is 0 Å². The number of fused-ring (bicyclic) bond motifs is 2. The van der Waals surface area contributed by atoms with Gasteiger partial charge in [-0.2, -0.15) is 0 Å². The van der Waals surface area contributed by atoms with Gasteiger partial charge in [0, 0.05) is 16.3 Å². The largest absolute Gasteiger partial charge is 0.341 e. The Balaban J connectivity index is 1.88. The summed E-state index contributed by atoms with van der Waals surface area (Å²) in [6, 6.07) is 7.68. The van der Waals surface area contributed by atoms with E-state index in [1.807, 2.05) is 28.7 Å². The second kappa shape index (κ2) is 4.45. The molecule has 0 fully saturated rings. The lowest BCUT2D eigenvalue weighted by Crippen LogP contribution is -2.05. The Labute approximate surface area is 120 Å². The van der Waals surface area contributed by atoms with E-state index in [9.17, 15) is 0 Å². The zero-order valence-electron chi connectivity index (χ0n) is 10.7. The molecular formula is C14H12ClN5. The van der Waals surface area contributed by atoms with Gasteiger partial charge in [-0.3, -0.25) is 4.40 Å². The van der Waals surface area contributed by atoms with Crippen molar-refractivity contribution >= 4 is 28.9 Å². The summed E-state index contributed by atoms with van der Waals surface area (Å²) in [4.78, 5) is 4.56. The van der Waals surface area contributed by atoms with Crippen LogP contribution in [0.1, 0.15) is 17.7 Å². The number of benzene rings is 1. The molecular weight excluding hydrogens is 274 g/mol. The van der Waals surface area contributed by atoms with E-state index in [0.29, 0.717) is 10.8 Å². The number of nitrogens with one attached hydrogen (secondary N) is 1. The Kier molecular flexibility index (Phi) is 2.60. The van der Waals surface area contributed by atoms with Gasteiger partial charge in [0.25, 0.3) is 5.78 Å². The minimum atomic E-state index is 0.634. The van der Waals surface area contributed by atoms with E-state index >= 15 is 0 Å². The molecule has 1 N–H and O–H groups in total. The van der Waals surface area contributed by atoms with Crippen molar-refractivity contribution in [2.75, 3.05) is 5.32 Å². The first-order valence-corrected chi connectivity index (χ1v) is 6.93. The van der Waals surface area contributed by atoms with E-state index in [1.54, 1.807) is 6.33 Å². The molecule has 1 aliphatic carbocycles. The van der Waals surface area contributed by atoms with Crippen molar-refractivity contribution in [3.05, 3.63) is 46.9 Å². The zero-order valence-corrected chi connectivity index (χ0v) is 11.4. The number of aromatic nitrogens is 4. The average molecular weight is 286 g/mol. The van der Waals surface area contributed by atoms with Gasteiger partial charge in [0.1, 0.15) is 12.1 Å². The maximum atomic E-state index is 6.04. The Bertz CT molecular complexity index is 795. The Morgan fingerprint density at radius 3 is 3.10 bits per heavy atom. The molecule has 0 atom stereocenters. The zero-order chi connectivity index (χ0) is 13.5. The van der Waals surface area contributed by atoms with Gasteiger partial charge in [0.05, 0.1) is 5.69 Å². The van der Waals surface area contributed by atoms with Gasteiger partial charge in [0.2, 0.25) is 0 Å². The molecule has 100 valence electrons. The van der Waals surface area contributed by atoms with Crippen LogP contribution in [0.5, 0.6) is 0 Å². The van der Waals surface area contributed by atoms with Crippen LogP contribution in [0.4, 0.5) is 11.5 Å². The predicted molar refractivity (Wildman–Crippen MR) is 77.5 cm³/mol. The maximum absolute atomic E-state index is 6.04. The van der Waals surface area contributed by atoms with E-state index in [-0.39, 0.29) is 0 Å². The molecule has 0 aliphatic heterocycles. The van der Waals surface area contributed by atoms with Gasteiger partial charge in [-0.1, -0.05) is 17.7 Å². The number of hydrogen-bond donors (Lipinski definition) is 1. The minimum Gasteiger partial charge on any atom is -0.341 e. The fourth-order valence-corrected chi connectivity index (χ4v) is 2.86. The van der Waals surface area contributed by atoms with E-state index in [1.165, 1.54) is 5.56 Å². The lowest BCUT2D eigenvalue weighted by Gasteiger charge is -2.13. The van der Waals surface area contributed by atoms with Gasteiger partial charge in [-0.15, -0.1) is 10.2 Å². The molecule has 5 nitrogen and oxygen atoms in total. The van der Waals surface area contributed by atoms with Crippen molar-refractivity contribution in [3.63, 3.8) is 0 Å². The van der Waals surface area contributed by atoms with E-state index in [0.717, 1.165) is 36.5 Å². The van der Waals surface area contributed by atoms with Gasteiger partial charge in [0.15, 0.2) is 0 Å². The lowest BCUT2D eigenvalue weighted by molar-refractivity contribution is 0.900. The highest BCUT2D eigenvalue weighted by Crippen LogP contribution is 2.30. The molecule has 1 aliphatic rings. The molecule has 0 spiro atoms. The van der Waals surface area contributed by atoms with Crippen molar-refractivity contribution in [1.82, 2.24) is 19.6 Å². The maximum Gasteiger partial charge on any atom is 0.256 e. The van der Waals surface area contributed by atoms with Crippen LogP contribution < -0.4 is 5.32 Å². The molecule has 0 unspecified atom stereocenters. The molecule has 1 aromatic carbocycles. The molecule has 2 heterocycles. The number of hydrogen-bond acceptors (Lipinski definition) is 4. The highest BCUT2D eigenvalue weighted by Gasteiger charge is 2.20. The van der Waals surface area contributed by atoms with Crippen LogP contribution in [0.2, 0.25) is 5.02 Å². The van der Waals surface area contributed by atoms with E-state index in [2.05, 4.69) is 20.5 Å². The first-order valence-electron chi connectivity index (χ1n) is 6.55. The predicted octanol–water partition coefficient (Wildman–Crippen LogP) is 3.01. The van der Waals surface area contributed by atoms with Crippen LogP contribution in [-0.4, -0.2) is 19.6 Å². The van der Waals surface area contributed by atoms with Crippen LogP contribution in [0.25, 0.3) is 5.78 Å². The normalized spacial score (nSPS) is 13.7. The first-order chi connectivity index (χ1) is 9.81.